The van der Waals surface area contributed by atoms with Gasteiger partial charge < -0.3 is 19.9 Å². The highest BCUT2D eigenvalue weighted by Crippen LogP contribution is 2.39. The van der Waals surface area contributed by atoms with Crippen LogP contribution in [-0.4, -0.2) is 52.7 Å². The van der Waals surface area contributed by atoms with Crippen LogP contribution in [0.5, 0.6) is 5.75 Å². The molecule has 7 nitrogen and oxygen atoms in total. The molecule has 5 rings (SSSR count). The molecule has 4 heterocycles. The lowest BCUT2D eigenvalue weighted by molar-refractivity contribution is -0.274. The number of hydrogen-bond donors (Lipinski definition) is 2. The summed E-state index contributed by atoms with van der Waals surface area (Å²) in [7, 11) is 0. The van der Waals surface area contributed by atoms with Crippen LogP contribution in [0.2, 0.25) is 0 Å². The average Bonchev–Trinajstić information content (AvgIpc) is 3.13. The minimum absolute atomic E-state index is 0.177. The Morgan fingerprint density at radius 2 is 1.84 bits per heavy atom. The van der Waals surface area contributed by atoms with Gasteiger partial charge in [0.2, 0.25) is 0 Å². The van der Waals surface area contributed by atoms with Gasteiger partial charge in [0.25, 0.3) is 11.8 Å². The largest absolute Gasteiger partial charge is 0.573 e. The molecule has 196 valence electrons. The summed E-state index contributed by atoms with van der Waals surface area (Å²) in [6.07, 6.45) is -2.11. The van der Waals surface area contributed by atoms with Gasteiger partial charge in [0.15, 0.2) is 0 Å². The van der Waals surface area contributed by atoms with Crippen molar-refractivity contribution in [3.8, 4) is 5.75 Å². The standard InChI is InChI=1S/C26H26F4N4O3/c1-25(2)11-18-20(23(35)32-13-25)21-19(17(27)12-31-22(21)33-18)14-7-9-34(10-8-14)24(36)15-3-5-16(6-4-15)37-26(28,29)30/h3-6,12,14H,7-11,13H2,1-2H3,(H,31,33)(H,32,35). The third-order valence-electron chi connectivity index (χ3n) is 7.03. The Kier molecular flexibility index (Phi) is 6.12. The van der Waals surface area contributed by atoms with Crippen LogP contribution < -0.4 is 10.1 Å². The van der Waals surface area contributed by atoms with E-state index in [4.69, 9.17) is 0 Å². The number of fused-ring (bicyclic) bond motifs is 3. The topological polar surface area (TPSA) is 87.3 Å². The number of halogens is 4. The van der Waals surface area contributed by atoms with Gasteiger partial charge in [-0.2, -0.15) is 0 Å². The number of hydrogen-bond acceptors (Lipinski definition) is 4. The number of alkyl halides is 3. The van der Waals surface area contributed by atoms with E-state index in [9.17, 15) is 22.8 Å². The third kappa shape index (κ3) is 4.99. The molecule has 0 radical (unpaired) electrons. The number of ether oxygens (including phenoxy) is 1. The number of piperidine rings is 1. The van der Waals surface area contributed by atoms with Crippen molar-refractivity contribution in [3.63, 3.8) is 0 Å². The number of aromatic nitrogens is 2. The van der Waals surface area contributed by atoms with E-state index in [-0.39, 0.29) is 28.7 Å². The van der Waals surface area contributed by atoms with Crippen LogP contribution in [0, 0.1) is 11.2 Å². The predicted octanol–water partition coefficient (Wildman–Crippen LogP) is 4.93. The van der Waals surface area contributed by atoms with Gasteiger partial charge in [-0.25, -0.2) is 9.37 Å². The quantitative estimate of drug-likeness (QED) is 0.482. The number of nitrogens with zero attached hydrogens (tertiary/aromatic N) is 2. The molecule has 0 spiro atoms. The second kappa shape index (κ2) is 9.04. The summed E-state index contributed by atoms with van der Waals surface area (Å²) in [5, 5.41) is 3.44. The van der Waals surface area contributed by atoms with E-state index in [1.54, 1.807) is 4.90 Å². The zero-order valence-corrected chi connectivity index (χ0v) is 20.3. The summed E-state index contributed by atoms with van der Waals surface area (Å²) in [4.78, 5) is 35.0. The van der Waals surface area contributed by atoms with Crippen molar-refractivity contribution in [1.29, 1.82) is 0 Å². The van der Waals surface area contributed by atoms with Crippen molar-refractivity contribution >= 4 is 22.8 Å². The number of carbonyl (C=O) groups is 2. The fourth-order valence-electron chi connectivity index (χ4n) is 5.29. The maximum Gasteiger partial charge on any atom is 0.573 e. The van der Waals surface area contributed by atoms with Gasteiger partial charge in [-0.1, -0.05) is 13.8 Å². The Hall–Kier alpha value is -3.63. The molecule has 2 aliphatic rings. The summed E-state index contributed by atoms with van der Waals surface area (Å²) in [5.74, 6) is -1.71. The normalized spacial score (nSPS) is 18.3. The molecular formula is C26H26F4N4O3. The first kappa shape index (κ1) is 25.0. The van der Waals surface area contributed by atoms with Crippen LogP contribution >= 0.6 is 0 Å². The van der Waals surface area contributed by atoms with E-state index in [0.29, 0.717) is 61.1 Å². The predicted molar refractivity (Wildman–Crippen MR) is 127 cm³/mol. The van der Waals surface area contributed by atoms with E-state index < -0.39 is 17.9 Å². The van der Waals surface area contributed by atoms with E-state index in [0.717, 1.165) is 17.8 Å². The molecule has 3 aromatic rings. The first-order chi connectivity index (χ1) is 17.4. The second-order valence-corrected chi connectivity index (χ2v) is 10.4. The number of aromatic amines is 1. The van der Waals surface area contributed by atoms with Crippen LogP contribution in [0.3, 0.4) is 0 Å². The molecule has 1 saturated heterocycles. The number of amides is 2. The molecular weight excluding hydrogens is 492 g/mol. The molecule has 2 aromatic heterocycles. The summed E-state index contributed by atoms with van der Waals surface area (Å²) < 4.78 is 56.3. The van der Waals surface area contributed by atoms with Gasteiger partial charge in [-0.15, -0.1) is 13.2 Å². The minimum atomic E-state index is -4.81. The summed E-state index contributed by atoms with van der Waals surface area (Å²) in [6, 6.07) is 4.77. The van der Waals surface area contributed by atoms with Gasteiger partial charge in [-0.05, 0) is 54.9 Å². The highest BCUT2D eigenvalue weighted by atomic mass is 19.4. The van der Waals surface area contributed by atoms with Gasteiger partial charge in [0.1, 0.15) is 17.2 Å². The monoisotopic (exact) mass is 518 g/mol. The Bertz CT molecular complexity index is 1360. The number of benzene rings is 1. The van der Waals surface area contributed by atoms with Crippen molar-refractivity contribution < 1.29 is 31.9 Å². The fourth-order valence-corrected chi connectivity index (χ4v) is 5.29. The first-order valence-corrected chi connectivity index (χ1v) is 12.0. The Balaban J connectivity index is 1.37. The first-order valence-electron chi connectivity index (χ1n) is 12.0. The highest BCUT2D eigenvalue weighted by molar-refractivity contribution is 6.09. The Morgan fingerprint density at radius 3 is 2.49 bits per heavy atom. The van der Waals surface area contributed by atoms with Crippen molar-refractivity contribution in [3.05, 3.63) is 58.7 Å². The smallest absolute Gasteiger partial charge is 0.406 e. The molecule has 0 atom stereocenters. The Labute approximate surface area is 210 Å². The van der Waals surface area contributed by atoms with Crippen molar-refractivity contribution in [2.45, 2.75) is 45.4 Å². The maximum absolute atomic E-state index is 15.2. The molecule has 1 aromatic carbocycles. The van der Waals surface area contributed by atoms with Crippen LogP contribution in [0.25, 0.3) is 11.0 Å². The van der Waals surface area contributed by atoms with E-state index in [1.807, 2.05) is 13.8 Å². The summed E-state index contributed by atoms with van der Waals surface area (Å²) in [6.45, 7) is 5.26. The molecule has 37 heavy (non-hydrogen) atoms. The van der Waals surface area contributed by atoms with Crippen molar-refractivity contribution in [2.75, 3.05) is 19.6 Å². The van der Waals surface area contributed by atoms with Crippen LogP contribution in [0.4, 0.5) is 17.6 Å². The number of carbonyl (C=O) groups excluding carboxylic acids is 2. The molecule has 0 bridgehead atoms. The van der Waals surface area contributed by atoms with Crippen LogP contribution in [0.1, 0.15) is 64.6 Å². The van der Waals surface area contributed by atoms with Crippen LogP contribution in [-0.2, 0) is 6.42 Å². The maximum atomic E-state index is 15.2. The van der Waals surface area contributed by atoms with Crippen LogP contribution in [0.15, 0.2) is 30.5 Å². The molecule has 1 fully saturated rings. The third-order valence-corrected chi connectivity index (χ3v) is 7.03. The number of likely N-dealkylation sites (tertiary alicyclic amines) is 1. The minimum Gasteiger partial charge on any atom is -0.406 e. The lowest BCUT2D eigenvalue weighted by atomic mass is 9.85. The molecule has 0 aliphatic carbocycles. The molecule has 2 aliphatic heterocycles. The lowest BCUT2D eigenvalue weighted by Crippen LogP contribution is -2.38. The van der Waals surface area contributed by atoms with Gasteiger partial charge in [-0.3, -0.25) is 9.59 Å². The molecule has 0 unspecified atom stereocenters. The average molecular weight is 519 g/mol. The van der Waals surface area contributed by atoms with Crippen molar-refractivity contribution in [1.82, 2.24) is 20.2 Å². The van der Waals surface area contributed by atoms with Crippen molar-refractivity contribution in [2.24, 2.45) is 5.41 Å². The van der Waals surface area contributed by atoms with Gasteiger partial charge >= 0.3 is 6.36 Å². The van der Waals surface area contributed by atoms with E-state index >= 15 is 4.39 Å². The summed E-state index contributed by atoms with van der Waals surface area (Å²) >= 11 is 0. The van der Waals surface area contributed by atoms with Gasteiger partial charge in [0.05, 0.1) is 11.8 Å². The number of pyridine rings is 1. The molecule has 2 amide bonds. The number of nitrogens with one attached hydrogen (secondary N) is 2. The van der Waals surface area contributed by atoms with E-state index in [2.05, 4.69) is 20.0 Å². The van der Waals surface area contributed by atoms with Gasteiger partial charge in [0, 0.05) is 41.8 Å². The zero-order valence-electron chi connectivity index (χ0n) is 20.3. The number of H-pyrrole nitrogens is 1. The fraction of sp³-hybridized carbons (Fsp3) is 0.423. The Morgan fingerprint density at radius 1 is 1.16 bits per heavy atom. The highest BCUT2D eigenvalue weighted by Gasteiger charge is 2.35. The SMILES string of the molecule is CC1(C)CNC(=O)c2c([nH]c3ncc(F)c(C4CCN(C(=O)c5ccc(OC(F)(F)F)cc5)CC4)c23)C1. The lowest BCUT2D eigenvalue weighted by Gasteiger charge is -2.32. The molecule has 0 saturated carbocycles. The zero-order chi connectivity index (χ0) is 26.5. The summed E-state index contributed by atoms with van der Waals surface area (Å²) in [5.41, 5.74) is 2.12. The number of rotatable bonds is 3. The molecule has 2 N–H and O–H groups in total. The molecule has 11 heteroatoms. The van der Waals surface area contributed by atoms with E-state index in [1.165, 1.54) is 18.3 Å². The second-order valence-electron chi connectivity index (χ2n) is 10.4.